The predicted molar refractivity (Wildman–Crippen MR) is 81.7 cm³/mol. The Bertz CT molecular complexity index is 756. The maximum absolute atomic E-state index is 12.1. The Hall–Kier alpha value is -2.89. The van der Waals surface area contributed by atoms with Crippen LogP contribution in [0.1, 0.15) is 50.6 Å². The van der Waals surface area contributed by atoms with E-state index >= 15 is 0 Å². The number of aromatic amines is 1. The molecule has 2 amide bonds. The molecular weight excluding hydrogens is 296 g/mol. The number of fused-ring (bicyclic) bond motifs is 1. The minimum Gasteiger partial charge on any atom is -0.355 e. The third-order valence-corrected chi connectivity index (χ3v) is 3.54. The summed E-state index contributed by atoms with van der Waals surface area (Å²) < 4.78 is 0. The Labute approximate surface area is 133 Å². The van der Waals surface area contributed by atoms with E-state index in [1.165, 1.54) is 12.1 Å². The summed E-state index contributed by atoms with van der Waals surface area (Å²) in [7, 11) is 0. The van der Waals surface area contributed by atoms with Gasteiger partial charge >= 0.3 is 5.97 Å². The lowest BCUT2D eigenvalue weighted by Gasteiger charge is -2.11. The molecule has 3 rings (SSSR count). The van der Waals surface area contributed by atoms with Gasteiger partial charge in [-0.2, -0.15) is 0 Å². The van der Waals surface area contributed by atoms with E-state index in [2.05, 4.69) is 18.8 Å². The number of hydroxylamine groups is 2. The molecule has 0 radical (unpaired) electrons. The highest BCUT2D eigenvalue weighted by atomic mass is 16.7. The fraction of sp³-hybridized carbons (Fsp3) is 0.235. The van der Waals surface area contributed by atoms with Crippen molar-refractivity contribution in [2.45, 2.75) is 20.3 Å². The molecule has 118 valence electrons. The molecule has 1 N–H and O–H groups in total. The van der Waals surface area contributed by atoms with Gasteiger partial charge in [0.05, 0.1) is 11.1 Å². The standard InChI is InChI=1S/C17H16N2O4/c1-10(2)7-11-8-14(18-9-11)17(22)23-19-15(20)12-5-3-4-6-13(12)16(19)21/h3-6,8-10,18H,7H2,1-2H3. The third-order valence-electron chi connectivity index (χ3n) is 3.54. The van der Waals surface area contributed by atoms with Crippen molar-refractivity contribution >= 4 is 17.8 Å². The molecule has 0 saturated carbocycles. The zero-order chi connectivity index (χ0) is 16.6. The molecular formula is C17H16N2O4. The van der Waals surface area contributed by atoms with Gasteiger partial charge < -0.3 is 9.82 Å². The Morgan fingerprint density at radius 3 is 2.35 bits per heavy atom. The van der Waals surface area contributed by atoms with E-state index in [1.54, 1.807) is 24.4 Å². The molecule has 6 nitrogen and oxygen atoms in total. The number of benzene rings is 1. The van der Waals surface area contributed by atoms with Gasteiger partial charge in [-0.15, -0.1) is 0 Å². The molecule has 0 saturated heterocycles. The fourth-order valence-corrected chi connectivity index (χ4v) is 2.53. The molecule has 2 aromatic rings. The van der Waals surface area contributed by atoms with Crippen LogP contribution in [-0.4, -0.2) is 27.8 Å². The highest BCUT2D eigenvalue weighted by molar-refractivity contribution is 6.21. The normalized spacial score (nSPS) is 13.6. The zero-order valence-corrected chi connectivity index (χ0v) is 12.8. The van der Waals surface area contributed by atoms with Crippen LogP contribution in [0.3, 0.4) is 0 Å². The highest BCUT2D eigenvalue weighted by Crippen LogP contribution is 2.23. The van der Waals surface area contributed by atoms with Gasteiger partial charge in [-0.1, -0.05) is 31.0 Å². The van der Waals surface area contributed by atoms with Gasteiger partial charge in [0.2, 0.25) is 0 Å². The predicted octanol–water partition coefficient (Wildman–Crippen LogP) is 2.58. The molecule has 0 unspecified atom stereocenters. The number of hydrogen-bond acceptors (Lipinski definition) is 4. The van der Waals surface area contributed by atoms with Crippen molar-refractivity contribution in [3.05, 3.63) is 58.9 Å². The first-order chi connectivity index (χ1) is 11.0. The number of nitrogens with zero attached hydrogens (tertiary/aromatic N) is 1. The first kappa shape index (κ1) is 15.0. The minimum absolute atomic E-state index is 0.206. The van der Waals surface area contributed by atoms with E-state index in [9.17, 15) is 14.4 Å². The molecule has 0 atom stereocenters. The average molecular weight is 312 g/mol. The molecule has 2 heterocycles. The molecule has 6 heteroatoms. The van der Waals surface area contributed by atoms with Crippen LogP contribution in [0.15, 0.2) is 36.5 Å². The molecule has 0 aliphatic carbocycles. The first-order valence-corrected chi connectivity index (χ1v) is 7.34. The maximum Gasteiger partial charge on any atom is 0.379 e. The largest absolute Gasteiger partial charge is 0.379 e. The number of carbonyl (C=O) groups excluding carboxylic acids is 3. The monoisotopic (exact) mass is 312 g/mol. The van der Waals surface area contributed by atoms with Crippen LogP contribution < -0.4 is 0 Å². The van der Waals surface area contributed by atoms with Crippen LogP contribution in [0.5, 0.6) is 0 Å². The molecule has 0 fully saturated rings. The number of hydrogen-bond donors (Lipinski definition) is 1. The van der Waals surface area contributed by atoms with E-state index in [0.29, 0.717) is 11.0 Å². The first-order valence-electron chi connectivity index (χ1n) is 7.34. The van der Waals surface area contributed by atoms with Gasteiger partial charge in [-0.25, -0.2) is 4.79 Å². The molecule has 23 heavy (non-hydrogen) atoms. The zero-order valence-electron chi connectivity index (χ0n) is 12.8. The van der Waals surface area contributed by atoms with Crippen molar-refractivity contribution in [3.8, 4) is 0 Å². The molecule has 0 spiro atoms. The van der Waals surface area contributed by atoms with Crippen molar-refractivity contribution in [1.82, 2.24) is 10.0 Å². The molecule has 1 aromatic carbocycles. The van der Waals surface area contributed by atoms with E-state index in [4.69, 9.17) is 4.84 Å². The van der Waals surface area contributed by atoms with E-state index in [-0.39, 0.29) is 16.8 Å². The van der Waals surface area contributed by atoms with E-state index < -0.39 is 17.8 Å². The van der Waals surface area contributed by atoms with Gasteiger partial charge in [0.15, 0.2) is 0 Å². The SMILES string of the molecule is CC(C)Cc1c[nH]c(C(=O)ON2C(=O)c3ccccc3C2=O)c1. The summed E-state index contributed by atoms with van der Waals surface area (Å²) in [5, 5.41) is 0.510. The summed E-state index contributed by atoms with van der Waals surface area (Å²) in [4.78, 5) is 44.2. The number of amides is 2. The van der Waals surface area contributed by atoms with Crippen molar-refractivity contribution in [2.75, 3.05) is 0 Å². The number of imide groups is 1. The average Bonchev–Trinajstić information content (AvgIpc) is 3.06. The number of rotatable bonds is 4. The van der Waals surface area contributed by atoms with E-state index in [0.717, 1.165) is 12.0 Å². The minimum atomic E-state index is -0.769. The summed E-state index contributed by atoms with van der Waals surface area (Å²) in [6, 6.07) is 8.02. The highest BCUT2D eigenvalue weighted by Gasteiger charge is 2.38. The number of aromatic nitrogens is 1. The van der Waals surface area contributed by atoms with Crippen molar-refractivity contribution in [2.24, 2.45) is 5.92 Å². The summed E-state index contributed by atoms with van der Waals surface area (Å²) in [6.45, 7) is 4.15. The lowest BCUT2D eigenvalue weighted by atomic mass is 10.1. The summed E-state index contributed by atoms with van der Waals surface area (Å²) in [5.41, 5.74) is 1.64. The quantitative estimate of drug-likeness (QED) is 0.880. The molecule has 0 bridgehead atoms. The molecule has 1 aromatic heterocycles. The second-order valence-corrected chi connectivity index (χ2v) is 5.85. The van der Waals surface area contributed by atoms with Crippen LogP contribution in [0, 0.1) is 5.92 Å². The second kappa shape index (κ2) is 5.72. The second-order valence-electron chi connectivity index (χ2n) is 5.85. The maximum atomic E-state index is 12.1. The summed E-state index contributed by atoms with van der Waals surface area (Å²) in [6.07, 6.45) is 2.54. The topological polar surface area (TPSA) is 79.5 Å². The lowest BCUT2D eigenvalue weighted by Crippen LogP contribution is -2.32. The van der Waals surface area contributed by atoms with Crippen molar-refractivity contribution < 1.29 is 19.2 Å². The number of nitrogens with one attached hydrogen (secondary N) is 1. The Balaban J connectivity index is 1.75. The number of H-pyrrole nitrogens is 1. The smallest absolute Gasteiger partial charge is 0.355 e. The number of carbonyl (C=O) groups is 3. The van der Waals surface area contributed by atoms with Crippen molar-refractivity contribution in [3.63, 3.8) is 0 Å². The Morgan fingerprint density at radius 2 is 1.78 bits per heavy atom. The van der Waals surface area contributed by atoms with Crippen LogP contribution in [-0.2, 0) is 11.3 Å². The Morgan fingerprint density at radius 1 is 1.17 bits per heavy atom. The third kappa shape index (κ3) is 2.75. The molecule has 1 aliphatic rings. The van der Waals surface area contributed by atoms with Gasteiger partial charge in [0, 0.05) is 6.20 Å². The summed E-state index contributed by atoms with van der Waals surface area (Å²) >= 11 is 0. The Kier molecular flexibility index (Phi) is 3.73. The van der Waals surface area contributed by atoms with Crippen LogP contribution in [0.25, 0.3) is 0 Å². The van der Waals surface area contributed by atoms with E-state index in [1.807, 2.05) is 0 Å². The van der Waals surface area contributed by atoms with Gasteiger partial charge in [-0.05, 0) is 36.1 Å². The van der Waals surface area contributed by atoms with Crippen molar-refractivity contribution in [1.29, 1.82) is 0 Å². The van der Waals surface area contributed by atoms with Gasteiger partial charge in [-0.3, -0.25) is 9.59 Å². The molecule has 1 aliphatic heterocycles. The van der Waals surface area contributed by atoms with Crippen LogP contribution in [0.2, 0.25) is 0 Å². The van der Waals surface area contributed by atoms with Gasteiger partial charge in [0.25, 0.3) is 11.8 Å². The lowest BCUT2D eigenvalue weighted by molar-refractivity contribution is -0.0588. The summed E-state index contributed by atoms with van der Waals surface area (Å²) in [5.74, 6) is -1.58. The van der Waals surface area contributed by atoms with Crippen LogP contribution in [0.4, 0.5) is 0 Å². The van der Waals surface area contributed by atoms with Crippen LogP contribution >= 0.6 is 0 Å². The fourth-order valence-electron chi connectivity index (χ4n) is 2.53. The van der Waals surface area contributed by atoms with Gasteiger partial charge in [0.1, 0.15) is 5.69 Å².